The molecule has 0 unspecified atom stereocenters. The third-order valence-corrected chi connectivity index (χ3v) is 10.9. The van der Waals surface area contributed by atoms with Gasteiger partial charge in [0.15, 0.2) is 5.75 Å². The molecule has 3 heterocycles. The van der Waals surface area contributed by atoms with E-state index in [0.717, 1.165) is 29.7 Å². The van der Waals surface area contributed by atoms with Gasteiger partial charge in [0.1, 0.15) is 23.7 Å². The van der Waals surface area contributed by atoms with Crippen molar-refractivity contribution in [1.82, 2.24) is 20.7 Å². The van der Waals surface area contributed by atoms with Crippen molar-refractivity contribution >= 4 is 56.6 Å². The predicted molar refractivity (Wildman–Crippen MR) is 194 cm³/mol. The highest BCUT2D eigenvalue weighted by molar-refractivity contribution is 7.20. The normalized spacial score (nSPS) is 25.6. The second-order valence-corrected chi connectivity index (χ2v) is 15.0. The molecular weight excluding hydrogens is 731 g/mol. The molecule has 0 spiro atoms. The summed E-state index contributed by atoms with van der Waals surface area (Å²) in [6, 6.07) is 16.7. The van der Waals surface area contributed by atoms with E-state index in [1.54, 1.807) is 42.5 Å². The van der Waals surface area contributed by atoms with E-state index in [-0.39, 0.29) is 24.6 Å². The van der Waals surface area contributed by atoms with E-state index in [1.807, 2.05) is 18.2 Å². The first-order valence-electron chi connectivity index (χ1n) is 17.5. The molecule has 2 aliphatic heterocycles. The number of aromatic nitrogens is 1. The summed E-state index contributed by atoms with van der Waals surface area (Å²) < 4.78 is 47.9. The van der Waals surface area contributed by atoms with Crippen LogP contribution in [0.1, 0.15) is 50.5 Å². The SMILES string of the molecule is O=C1N[C@]2(C(=O)NOc3ccccc3)C[C@H]2/C=C\CCCCC[C@H](Nc2cccc(C(F)(F)F)c2)C(=O)N2C[C@H](Oc3nc4ccc(Cl)cc4s3)C[C@@H]12. The Morgan fingerprint density at radius 3 is 2.68 bits per heavy atom. The van der Waals surface area contributed by atoms with Crippen LogP contribution in [0.3, 0.4) is 0 Å². The Labute approximate surface area is 312 Å². The second kappa shape index (κ2) is 15.3. The first kappa shape index (κ1) is 36.5. The third-order valence-electron chi connectivity index (χ3n) is 9.78. The van der Waals surface area contributed by atoms with Crippen molar-refractivity contribution in [2.45, 2.75) is 74.8 Å². The summed E-state index contributed by atoms with van der Waals surface area (Å²) in [5, 5.41) is 6.88. The van der Waals surface area contributed by atoms with Crippen LogP contribution in [-0.4, -0.2) is 57.9 Å². The summed E-state index contributed by atoms with van der Waals surface area (Å²) in [6.07, 6.45) is 2.32. The Kier molecular flexibility index (Phi) is 10.5. The fourth-order valence-corrected chi connectivity index (χ4v) is 8.06. The van der Waals surface area contributed by atoms with Crippen molar-refractivity contribution in [1.29, 1.82) is 0 Å². The summed E-state index contributed by atoms with van der Waals surface area (Å²) >= 11 is 7.45. The molecule has 1 aromatic heterocycles. The molecule has 4 aromatic rings. The van der Waals surface area contributed by atoms with E-state index in [4.69, 9.17) is 21.2 Å². The number of nitrogens with one attached hydrogen (secondary N) is 3. The number of nitrogens with zero attached hydrogens (tertiary/aromatic N) is 2. The highest BCUT2D eigenvalue weighted by Gasteiger charge is 2.61. The molecule has 1 saturated heterocycles. The molecule has 3 aliphatic rings. The standard InChI is InChI=1S/C38H37ClF3N5O5S/c39-25-16-17-29-32(19-25)53-36(44-29)51-28-20-31-33(48)45-37(35(50)46-52-27-13-6-4-7-14-27)21-24(37)10-5-2-1-3-8-15-30(34(49)47(31)22-28)43-26-12-9-11-23(18-26)38(40,41)42/h4-7,9-14,16-19,24,28,30-31,43H,1-3,8,15,20-22H2,(H,45,48)(H,46,50)/b10-5-/t24-,28-,30+,31+,37-/m1/s1. The maximum Gasteiger partial charge on any atom is 0.416 e. The molecule has 0 radical (unpaired) electrons. The highest BCUT2D eigenvalue weighted by Crippen LogP contribution is 2.46. The first-order chi connectivity index (χ1) is 25.5. The van der Waals surface area contributed by atoms with Crippen LogP contribution >= 0.6 is 22.9 Å². The second-order valence-electron chi connectivity index (χ2n) is 13.5. The molecule has 3 amide bonds. The van der Waals surface area contributed by atoms with Crippen LogP contribution in [0.5, 0.6) is 10.9 Å². The van der Waals surface area contributed by atoms with Gasteiger partial charge in [-0.05, 0) is 74.2 Å². The van der Waals surface area contributed by atoms with Crippen molar-refractivity contribution in [3.63, 3.8) is 0 Å². The number of carbonyl (C=O) groups is 3. The average Bonchev–Trinajstić information content (AvgIpc) is 3.44. The van der Waals surface area contributed by atoms with E-state index in [1.165, 1.54) is 28.4 Å². The topological polar surface area (TPSA) is 122 Å². The van der Waals surface area contributed by atoms with Gasteiger partial charge in [0.2, 0.25) is 11.8 Å². The van der Waals surface area contributed by atoms with Crippen LogP contribution in [0, 0.1) is 5.92 Å². The number of para-hydroxylation sites is 1. The maximum absolute atomic E-state index is 14.5. The summed E-state index contributed by atoms with van der Waals surface area (Å²) in [5.74, 6) is -1.44. The zero-order valence-corrected chi connectivity index (χ0v) is 30.0. The van der Waals surface area contributed by atoms with Gasteiger partial charge in [0, 0.05) is 23.0 Å². The van der Waals surface area contributed by atoms with Gasteiger partial charge in [-0.3, -0.25) is 14.4 Å². The van der Waals surface area contributed by atoms with Gasteiger partial charge in [-0.2, -0.15) is 18.7 Å². The van der Waals surface area contributed by atoms with Gasteiger partial charge in [-0.15, -0.1) is 0 Å². The Balaban J connectivity index is 1.17. The number of benzene rings is 3. The van der Waals surface area contributed by atoms with Gasteiger partial charge in [-0.25, -0.2) is 4.98 Å². The lowest BCUT2D eigenvalue weighted by Gasteiger charge is -2.30. The molecule has 3 N–H and O–H groups in total. The number of halogens is 4. The zero-order valence-electron chi connectivity index (χ0n) is 28.4. The number of fused-ring (bicyclic) bond motifs is 3. The summed E-state index contributed by atoms with van der Waals surface area (Å²) in [5.41, 5.74) is 1.14. The van der Waals surface area contributed by atoms with E-state index < -0.39 is 53.2 Å². The van der Waals surface area contributed by atoms with Crippen molar-refractivity contribution in [3.8, 4) is 10.9 Å². The molecular formula is C38H37ClF3N5O5S. The molecule has 2 fully saturated rings. The minimum Gasteiger partial charge on any atom is -0.465 e. The monoisotopic (exact) mass is 767 g/mol. The van der Waals surface area contributed by atoms with E-state index in [2.05, 4.69) is 21.1 Å². The van der Waals surface area contributed by atoms with Crippen LogP contribution in [-0.2, 0) is 20.6 Å². The van der Waals surface area contributed by atoms with Gasteiger partial charge in [0.25, 0.3) is 11.1 Å². The van der Waals surface area contributed by atoms with Crippen molar-refractivity contribution < 1.29 is 37.1 Å². The summed E-state index contributed by atoms with van der Waals surface area (Å²) in [4.78, 5) is 54.0. The Morgan fingerprint density at radius 2 is 1.87 bits per heavy atom. The molecule has 0 bridgehead atoms. The van der Waals surface area contributed by atoms with Crippen LogP contribution in [0.15, 0.2) is 84.9 Å². The number of amides is 3. The number of carbonyl (C=O) groups excluding carboxylic acids is 3. The maximum atomic E-state index is 14.5. The fraction of sp³-hybridized carbons (Fsp3) is 0.368. The lowest BCUT2D eigenvalue weighted by Crippen LogP contribution is -2.57. The van der Waals surface area contributed by atoms with E-state index >= 15 is 0 Å². The van der Waals surface area contributed by atoms with Crippen LogP contribution in [0.25, 0.3) is 10.2 Å². The smallest absolute Gasteiger partial charge is 0.416 e. The minimum atomic E-state index is -4.57. The zero-order chi connectivity index (χ0) is 37.2. The number of rotatable bonds is 7. The average molecular weight is 768 g/mol. The van der Waals surface area contributed by atoms with Crippen LogP contribution < -0.4 is 25.7 Å². The number of anilines is 1. The molecule has 1 saturated carbocycles. The van der Waals surface area contributed by atoms with Gasteiger partial charge >= 0.3 is 6.18 Å². The number of thiazole rings is 1. The largest absolute Gasteiger partial charge is 0.465 e. The number of alkyl halides is 3. The summed E-state index contributed by atoms with van der Waals surface area (Å²) in [7, 11) is 0. The van der Waals surface area contributed by atoms with E-state index in [0.29, 0.717) is 47.2 Å². The molecule has 278 valence electrons. The molecule has 1 aliphatic carbocycles. The van der Waals surface area contributed by atoms with E-state index in [9.17, 15) is 27.6 Å². The van der Waals surface area contributed by atoms with Gasteiger partial charge in [0.05, 0.1) is 22.3 Å². The summed E-state index contributed by atoms with van der Waals surface area (Å²) in [6.45, 7) is 0.00795. The highest BCUT2D eigenvalue weighted by atomic mass is 35.5. The minimum absolute atomic E-state index is 0.00795. The molecule has 15 heteroatoms. The van der Waals surface area contributed by atoms with Crippen molar-refractivity contribution in [3.05, 3.63) is 95.5 Å². The third kappa shape index (κ3) is 8.38. The molecule has 53 heavy (non-hydrogen) atoms. The Bertz CT molecular complexity index is 2010. The number of allylic oxidation sites excluding steroid dienone is 1. The number of ether oxygens (including phenoxy) is 1. The van der Waals surface area contributed by atoms with Crippen molar-refractivity contribution in [2.75, 3.05) is 11.9 Å². The molecule has 7 rings (SSSR count). The molecule has 5 atom stereocenters. The van der Waals surface area contributed by atoms with Crippen LogP contribution in [0.2, 0.25) is 5.02 Å². The van der Waals surface area contributed by atoms with Gasteiger partial charge < -0.3 is 25.1 Å². The van der Waals surface area contributed by atoms with Crippen molar-refractivity contribution in [2.24, 2.45) is 5.92 Å². The first-order valence-corrected chi connectivity index (χ1v) is 18.7. The Morgan fingerprint density at radius 1 is 1.04 bits per heavy atom. The lowest BCUT2D eigenvalue weighted by molar-refractivity contribution is -0.141. The Hall–Kier alpha value is -4.82. The quantitative estimate of drug-likeness (QED) is 0.133. The number of hydrogen-bond acceptors (Lipinski definition) is 8. The lowest BCUT2D eigenvalue weighted by atomic mass is 10.0. The molecule has 10 nitrogen and oxygen atoms in total. The van der Waals surface area contributed by atoms with Crippen LogP contribution in [0.4, 0.5) is 18.9 Å². The van der Waals surface area contributed by atoms with Gasteiger partial charge in [-0.1, -0.05) is 72.2 Å². The fourth-order valence-electron chi connectivity index (χ4n) is 6.91. The number of hydrogen-bond donors (Lipinski definition) is 3. The number of hydroxylamine groups is 1. The molecule has 3 aromatic carbocycles. The predicted octanol–water partition coefficient (Wildman–Crippen LogP) is 7.30.